The molecule has 0 aromatic heterocycles. The maximum atomic E-state index is 3.59. The van der Waals surface area contributed by atoms with Crippen LogP contribution in [0, 0.1) is 0 Å². The van der Waals surface area contributed by atoms with Gasteiger partial charge in [-0.2, -0.15) is 0 Å². The van der Waals surface area contributed by atoms with E-state index < -0.39 is 0 Å². The van der Waals surface area contributed by atoms with E-state index >= 15 is 0 Å². The van der Waals surface area contributed by atoms with Crippen molar-refractivity contribution in [2.75, 3.05) is 19.8 Å². The summed E-state index contributed by atoms with van der Waals surface area (Å²) < 4.78 is 0. The molecule has 0 aliphatic rings. The second-order valence-electron chi connectivity index (χ2n) is 4.45. The number of nitrogens with zero attached hydrogens (tertiary/aromatic N) is 1. The number of hydrogen-bond donors (Lipinski definition) is 1. The normalized spacial score (nSPS) is 13.5. The minimum Gasteiger partial charge on any atom is -0.330 e. The van der Waals surface area contributed by atoms with Gasteiger partial charge in [-0.25, -0.2) is 0 Å². The molecule has 0 unspecified atom stereocenters. The summed E-state index contributed by atoms with van der Waals surface area (Å²) >= 11 is 0. The van der Waals surface area contributed by atoms with E-state index in [4.69, 9.17) is 0 Å². The van der Waals surface area contributed by atoms with Gasteiger partial charge in [0.15, 0.2) is 0 Å². The average Bonchev–Trinajstić information content (AvgIpc) is 1.96. The third-order valence-corrected chi connectivity index (χ3v) is 3.42. The molecule has 12 heavy (non-hydrogen) atoms. The molecular weight excluding hydrogens is 164 g/mol. The highest BCUT2D eigenvalue weighted by atomic mass is 28.2. The van der Waals surface area contributed by atoms with Crippen LogP contribution >= 0.6 is 0 Å². The van der Waals surface area contributed by atoms with Crippen LogP contribution in [0.25, 0.3) is 0 Å². The topological polar surface area (TPSA) is 15.3 Å². The van der Waals surface area contributed by atoms with E-state index in [0.717, 1.165) is 19.8 Å². The zero-order valence-corrected chi connectivity index (χ0v) is 10.7. The Morgan fingerprint density at radius 2 is 1.67 bits per heavy atom. The van der Waals surface area contributed by atoms with Crippen LogP contribution in [0.4, 0.5) is 0 Å². The lowest BCUT2D eigenvalue weighted by atomic mass is 10.3. The van der Waals surface area contributed by atoms with Gasteiger partial charge in [0, 0.05) is 6.67 Å². The second kappa shape index (κ2) is 5.73. The smallest absolute Gasteiger partial charge is 0.0983 e. The number of nitrogens with one attached hydrogen (secondary N) is 1. The maximum Gasteiger partial charge on any atom is 0.0983 e. The molecule has 2 nitrogen and oxygen atoms in total. The van der Waals surface area contributed by atoms with E-state index in [-0.39, 0.29) is 9.68 Å². The lowest BCUT2D eigenvalue weighted by Crippen LogP contribution is -2.38. The SMILES string of the molecule is CCN(CC)CN[SiH2]C(C)(C)C. The lowest BCUT2D eigenvalue weighted by Gasteiger charge is -2.23. The largest absolute Gasteiger partial charge is 0.330 e. The zero-order chi connectivity index (χ0) is 9.61. The quantitative estimate of drug-likeness (QED) is 0.515. The van der Waals surface area contributed by atoms with Crippen molar-refractivity contribution in [1.82, 2.24) is 9.88 Å². The summed E-state index contributed by atoms with van der Waals surface area (Å²) in [6, 6.07) is 0. The standard InChI is InChI=1S/C9H24N2Si/c1-6-11(7-2)8-10-12-9(3,4)5/h10H,6-8,12H2,1-5H3. The summed E-state index contributed by atoms with van der Waals surface area (Å²) in [6.45, 7) is 14.8. The third kappa shape index (κ3) is 6.82. The first-order chi connectivity index (χ1) is 5.49. The van der Waals surface area contributed by atoms with E-state index in [2.05, 4.69) is 44.5 Å². The third-order valence-electron chi connectivity index (χ3n) is 1.89. The van der Waals surface area contributed by atoms with Crippen molar-refractivity contribution in [3.05, 3.63) is 0 Å². The van der Waals surface area contributed by atoms with Gasteiger partial charge < -0.3 is 4.98 Å². The van der Waals surface area contributed by atoms with Gasteiger partial charge in [0.1, 0.15) is 0 Å². The molecule has 0 aromatic rings. The Hall–Kier alpha value is 0.137. The molecule has 0 saturated carbocycles. The fourth-order valence-electron chi connectivity index (χ4n) is 1.04. The molecule has 0 rings (SSSR count). The summed E-state index contributed by atoms with van der Waals surface area (Å²) in [6.07, 6.45) is 0. The van der Waals surface area contributed by atoms with Crippen LogP contribution in [-0.2, 0) is 0 Å². The van der Waals surface area contributed by atoms with Crippen LogP contribution in [0.2, 0.25) is 5.04 Å². The van der Waals surface area contributed by atoms with Gasteiger partial charge in [-0.1, -0.05) is 34.6 Å². The Labute approximate surface area is 79.6 Å². The van der Waals surface area contributed by atoms with Crippen LogP contribution < -0.4 is 4.98 Å². The summed E-state index contributed by atoms with van der Waals surface area (Å²) in [7, 11) is -0.103. The molecule has 0 bridgehead atoms. The Balaban J connectivity index is 3.41. The van der Waals surface area contributed by atoms with Crippen molar-refractivity contribution >= 4 is 9.68 Å². The van der Waals surface area contributed by atoms with Gasteiger partial charge in [-0.05, 0) is 18.1 Å². The summed E-state index contributed by atoms with van der Waals surface area (Å²) in [5.41, 5.74) is 0. The van der Waals surface area contributed by atoms with Crippen LogP contribution in [0.15, 0.2) is 0 Å². The van der Waals surface area contributed by atoms with E-state index in [9.17, 15) is 0 Å². The molecule has 0 atom stereocenters. The molecule has 0 aliphatic carbocycles. The minimum absolute atomic E-state index is 0.103. The van der Waals surface area contributed by atoms with Crippen molar-refractivity contribution in [2.24, 2.45) is 0 Å². The number of hydrogen-bond acceptors (Lipinski definition) is 2. The monoisotopic (exact) mass is 188 g/mol. The van der Waals surface area contributed by atoms with Crippen LogP contribution in [0.3, 0.4) is 0 Å². The Morgan fingerprint density at radius 1 is 1.17 bits per heavy atom. The van der Waals surface area contributed by atoms with Gasteiger partial charge >= 0.3 is 0 Å². The fourth-order valence-corrected chi connectivity index (χ4v) is 2.21. The van der Waals surface area contributed by atoms with E-state index in [1.807, 2.05) is 0 Å². The maximum absolute atomic E-state index is 3.59. The van der Waals surface area contributed by atoms with Gasteiger partial charge in [0.25, 0.3) is 0 Å². The molecule has 0 amide bonds. The van der Waals surface area contributed by atoms with Crippen molar-refractivity contribution < 1.29 is 0 Å². The van der Waals surface area contributed by atoms with Crippen LogP contribution in [-0.4, -0.2) is 34.3 Å². The second-order valence-corrected chi connectivity index (χ2v) is 7.42. The van der Waals surface area contributed by atoms with E-state index in [1.54, 1.807) is 0 Å². The van der Waals surface area contributed by atoms with Crippen molar-refractivity contribution in [3.8, 4) is 0 Å². The van der Waals surface area contributed by atoms with Crippen molar-refractivity contribution in [2.45, 2.75) is 39.7 Å². The molecule has 0 heterocycles. The van der Waals surface area contributed by atoms with Gasteiger partial charge in [0.2, 0.25) is 0 Å². The van der Waals surface area contributed by atoms with E-state index in [1.165, 1.54) is 0 Å². The molecule has 0 radical (unpaired) electrons. The summed E-state index contributed by atoms with van der Waals surface area (Å²) in [5, 5.41) is 0.535. The highest BCUT2D eigenvalue weighted by molar-refractivity contribution is 6.36. The van der Waals surface area contributed by atoms with E-state index in [0.29, 0.717) is 5.04 Å². The van der Waals surface area contributed by atoms with Crippen molar-refractivity contribution in [3.63, 3.8) is 0 Å². The Bertz CT molecular complexity index is 106. The van der Waals surface area contributed by atoms with Gasteiger partial charge in [-0.15, -0.1) is 0 Å². The minimum atomic E-state index is -0.103. The average molecular weight is 188 g/mol. The molecule has 0 saturated heterocycles. The van der Waals surface area contributed by atoms with Gasteiger partial charge in [-0.3, -0.25) is 4.90 Å². The predicted molar refractivity (Wildman–Crippen MR) is 59.2 cm³/mol. The molecular formula is C9H24N2Si. The molecule has 74 valence electrons. The first-order valence-corrected chi connectivity index (χ1v) is 6.34. The van der Waals surface area contributed by atoms with Crippen LogP contribution in [0.1, 0.15) is 34.6 Å². The first-order valence-electron chi connectivity index (χ1n) is 4.92. The highest BCUT2D eigenvalue weighted by Gasteiger charge is 2.10. The Kier molecular flexibility index (Phi) is 5.79. The fraction of sp³-hybridized carbons (Fsp3) is 1.00. The Morgan fingerprint density at radius 3 is 2.00 bits per heavy atom. The molecule has 3 heteroatoms. The molecule has 0 aromatic carbocycles. The lowest BCUT2D eigenvalue weighted by molar-refractivity contribution is 0.300. The molecule has 1 N–H and O–H groups in total. The van der Waals surface area contributed by atoms with Crippen LogP contribution in [0.5, 0.6) is 0 Å². The van der Waals surface area contributed by atoms with Crippen molar-refractivity contribution in [1.29, 1.82) is 0 Å². The molecule has 0 fully saturated rings. The number of rotatable bonds is 5. The summed E-state index contributed by atoms with van der Waals surface area (Å²) in [5.74, 6) is 0. The first kappa shape index (κ1) is 12.1. The van der Waals surface area contributed by atoms with Gasteiger partial charge in [0.05, 0.1) is 9.68 Å². The highest BCUT2D eigenvalue weighted by Crippen LogP contribution is 2.17. The molecule has 0 spiro atoms. The molecule has 0 aliphatic heterocycles. The zero-order valence-electron chi connectivity index (χ0n) is 9.28. The summed E-state index contributed by atoms with van der Waals surface area (Å²) in [4.78, 5) is 6.01. The predicted octanol–water partition coefficient (Wildman–Crippen LogP) is 1.18.